The third-order valence-corrected chi connectivity index (χ3v) is 6.85. The van der Waals surface area contributed by atoms with Crippen molar-refractivity contribution in [3.05, 3.63) is 59.9 Å². The van der Waals surface area contributed by atoms with Gasteiger partial charge in [0.2, 0.25) is 0 Å². The molecule has 1 saturated carbocycles. The van der Waals surface area contributed by atoms with Gasteiger partial charge in [0, 0.05) is 25.2 Å². The summed E-state index contributed by atoms with van der Waals surface area (Å²) in [6.07, 6.45) is 3.28. The number of piperidine rings is 1. The van der Waals surface area contributed by atoms with E-state index in [0.717, 1.165) is 30.8 Å². The molecule has 3 atom stereocenters. The largest absolute Gasteiger partial charge is 0.479 e. The predicted octanol–water partition coefficient (Wildman–Crippen LogP) is 2.87. The molecule has 1 heterocycles. The van der Waals surface area contributed by atoms with E-state index in [1.165, 1.54) is 44.1 Å². The molecule has 1 aliphatic carbocycles. The lowest BCUT2D eigenvalue weighted by Crippen LogP contribution is -2.49. The van der Waals surface area contributed by atoms with Crippen molar-refractivity contribution in [1.29, 1.82) is 0 Å². The highest BCUT2D eigenvalue weighted by Crippen LogP contribution is 2.32. The van der Waals surface area contributed by atoms with Crippen molar-refractivity contribution >= 4 is 11.9 Å². The molecule has 4 rings (SSSR count). The molecule has 0 aromatic heterocycles. The van der Waals surface area contributed by atoms with Gasteiger partial charge in [-0.05, 0) is 61.1 Å². The van der Waals surface area contributed by atoms with Crippen LogP contribution >= 0.6 is 0 Å². The van der Waals surface area contributed by atoms with Crippen LogP contribution in [0.25, 0.3) is 11.1 Å². The molecule has 2 aromatic rings. The van der Waals surface area contributed by atoms with E-state index in [4.69, 9.17) is 20.4 Å². The van der Waals surface area contributed by atoms with Gasteiger partial charge in [-0.2, -0.15) is 0 Å². The summed E-state index contributed by atoms with van der Waals surface area (Å²) in [5, 5.41) is 36.1. The van der Waals surface area contributed by atoms with E-state index in [-0.39, 0.29) is 5.82 Å². The quantitative estimate of drug-likeness (QED) is 0.373. The van der Waals surface area contributed by atoms with Crippen molar-refractivity contribution < 1.29 is 34.4 Å². The van der Waals surface area contributed by atoms with E-state index in [1.54, 1.807) is 12.1 Å². The second kappa shape index (κ2) is 13.5. The van der Waals surface area contributed by atoms with Gasteiger partial charge in [-0.15, -0.1) is 0 Å². The van der Waals surface area contributed by atoms with E-state index in [9.17, 15) is 14.0 Å². The zero-order valence-corrected chi connectivity index (χ0v) is 20.2. The van der Waals surface area contributed by atoms with Crippen LogP contribution in [0.2, 0.25) is 0 Å². The monoisotopic (exact) mass is 502 g/mol. The minimum absolute atomic E-state index is 0.153. The van der Waals surface area contributed by atoms with E-state index in [2.05, 4.69) is 22.3 Å². The van der Waals surface area contributed by atoms with Crippen LogP contribution in [-0.2, 0) is 16.1 Å². The van der Waals surface area contributed by atoms with E-state index in [1.807, 2.05) is 24.3 Å². The third kappa shape index (κ3) is 7.57. The maximum absolute atomic E-state index is 14.0. The number of halogens is 1. The Morgan fingerprint density at radius 3 is 2.08 bits per heavy atom. The molecule has 0 spiro atoms. The molecular formula is C27H35FN2O6. The minimum Gasteiger partial charge on any atom is -0.479 e. The van der Waals surface area contributed by atoms with Gasteiger partial charge in [0.25, 0.3) is 0 Å². The summed E-state index contributed by atoms with van der Waals surface area (Å²) in [7, 11) is 0. The number of rotatable bonds is 8. The topological polar surface area (TPSA) is 130 Å². The number of carbonyl (C=O) groups is 2. The summed E-state index contributed by atoms with van der Waals surface area (Å²) in [5.74, 6) is -3.69. The zero-order valence-electron chi connectivity index (χ0n) is 20.2. The van der Waals surface area contributed by atoms with Gasteiger partial charge < -0.3 is 25.7 Å². The van der Waals surface area contributed by atoms with Crippen LogP contribution in [0.4, 0.5) is 4.39 Å². The lowest BCUT2D eigenvalue weighted by molar-refractivity contribution is -0.165. The molecule has 2 fully saturated rings. The molecule has 0 radical (unpaired) electrons. The Kier molecular flexibility index (Phi) is 10.4. The summed E-state index contributed by atoms with van der Waals surface area (Å²) in [6.45, 7) is 3.14. The molecule has 2 unspecified atom stereocenters. The summed E-state index contributed by atoms with van der Waals surface area (Å²) in [4.78, 5) is 22.3. The Morgan fingerprint density at radius 1 is 0.917 bits per heavy atom. The molecule has 8 nitrogen and oxygen atoms in total. The van der Waals surface area contributed by atoms with Crippen molar-refractivity contribution in [3.63, 3.8) is 0 Å². The van der Waals surface area contributed by atoms with E-state index >= 15 is 0 Å². The number of hydrogen-bond acceptors (Lipinski definition) is 6. The SMILES string of the molecule is Fc1ccc(CN(C2CCCC2)[C@H]2CCCNC2)c(-c2ccccc2)c1.O=C(O)C(O)C(O)C(=O)O. The maximum atomic E-state index is 14.0. The molecule has 36 heavy (non-hydrogen) atoms. The fourth-order valence-corrected chi connectivity index (χ4v) is 4.95. The van der Waals surface area contributed by atoms with Crippen LogP contribution in [0.1, 0.15) is 44.1 Å². The summed E-state index contributed by atoms with van der Waals surface area (Å²) >= 11 is 0. The Labute approximate surface area is 210 Å². The highest BCUT2D eigenvalue weighted by atomic mass is 19.1. The molecule has 0 bridgehead atoms. The lowest BCUT2D eigenvalue weighted by atomic mass is 9.96. The molecule has 2 aromatic carbocycles. The van der Waals surface area contributed by atoms with E-state index in [0.29, 0.717) is 12.1 Å². The number of nitrogens with zero attached hydrogens (tertiary/aromatic N) is 1. The highest BCUT2D eigenvalue weighted by Gasteiger charge is 2.31. The van der Waals surface area contributed by atoms with Gasteiger partial charge in [-0.3, -0.25) is 4.90 Å². The maximum Gasteiger partial charge on any atom is 0.335 e. The van der Waals surface area contributed by atoms with Crippen LogP contribution in [0.15, 0.2) is 48.5 Å². The van der Waals surface area contributed by atoms with Gasteiger partial charge in [-0.1, -0.05) is 49.2 Å². The number of carboxylic acid groups (broad SMARTS) is 2. The van der Waals surface area contributed by atoms with Crippen LogP contribution < -0.4 is 5.32 Å². The summed E-state index contributed by atoms with van der Waals surface area (Å²) in [6, 6.07) is 16.8. The zero-order chi connectivity index (χ0) is 26.1. The van der Waals surface area contributed by atoms with Gasteiger partial charge in [0.1, 0.15) is 5.82 Å². The Bertz CT molecular complexity index is 975. The molecule has 9 heteroatoms. The average Bonchev–Trinajstić information content (AvgIpc) is 3.43. The number of aliphatic hydroxyl groups is 2. The second-order valence-electron chi connectivity index (χ2n) is 9.34. The first-order chi connectivity index (χ1) is 17.3. The molecule has 1 aliphatic heterocycles. The van der Waals surface area contributed by atoms with Gasteiger partial charge in [0.05, 0.1) is 0 Å². The number of aliphatic hydroxyl groups excluding tert-OH is 2. The van der Waals surface area contributed by atoms with Crippen LogP contribution in [-0.4, -0.2) is 74.6 Å². The van der Waals surface area contributed by atoms with Gasteiger partial charge >= 0.3 is 11.9 Å². The smallest absolute Gasteiger partial charge is 0.335 e. The third-order valence-electron chi connectivity index (χ3n) is 6.85. The fraction of sp³-hybridized carbons (Fsp3) is 0.481. The van der Waals surface area contributed by atoms with Crippen molar-refractivity contribution in [2.45, 2.75) is 69.4 Å². The first-order valence-corrected chi connectivity index (χ1v) is 12.4. The standard InChI is InChI=1S/C23H29FN2.C4H6O6/c24-20-13-12-19(23(15-20)18-7-2-1-3-8-18)17-26(21-9-4-5-10-21)22-11-6-14-25-16-22;5-1(3(7)8)2(6)4(9)10/h1-3,7-8,12-13,15,21-22,25H,4-6,9-11,14,16-17H2;1-2,5-6H,(H,7,8)(H,9,10)/t22-;/m0./s1. The number of aliphatic carboxylic acids is 2. The van der Waals surface area contributed by atoms with Crippen molar-refractivity contribution in [1.82, 2.24) is 10.2 Å². The molecule has 5 N–H and O–H groups in total. The molecule has 196 valence electrons. The van der Waals surface area contributed by atoms with Gasteiger partial charge in [-0.25, -0.2) is 14.0 Å². The molecule has 0 amide bonds. The van der Waals surface area contributed by atoms with Crippen molar-refractivity contribution in [2.75, 3.05) is 13.1 Å². The second-order valence-corrected chi connectivity index (χ2v) is 9.34. The van der Waals surface area contributed by atoms with Crippen LogP contribution in [0.5, 0.6) is 0 Å². The Hall–Kier alpha value is -2.85. The lowest BCUT2D eigenvalue weighted by Gasteiger charge is -2.39. The highest BCUT2D eigenvalue weighted by molar-refractivity contribution is 5.83. The molecular weight excluding hydrogens is 467 g/mol. The first-order valence-electron chi connectivity index (χ1n) is 12.4. The van der Waals surface area contributed by atoms with Crippen molar-refractivity contribution in [2.24, 2.45) is 0 Å². The van der Waals surface area contributed by atoms with Crippen LogP contribution in [0, 0.1) is 5.82 Å². The minimum atomic E-state index is -2.27. The number of nitrogens with one attached hydrogen (secondary N) is 1. The number of hydrogen-bond donors (Lipinski definition) is 5. The Morgan fingerprint density at radius 2 is 1.53 bits per heavy atom. The van der Waals surface area contributed by atoms with Gasteiger partial charge in [0.15, 0.2) is 12.2 Å². The summed E-state index contributed by atoms with van der Waals surface area (Å²) < 4.78 is 14.0. The van der Waals surface area contributed by atoms with E-state index < -0.39 is 24.1 Å². The normalized spacial score (nSPS) is 19.8. The predicted molar refractivity (Wildman–Crippen MR) is 133 cm³/mol. The molecule has 1 saturated heterocycles. The summed E-state index contributed by atoms with van der Waals surface area (Å²) in [5.41, 5.74) is 3.39. The fourth-order valence-electron chi connectivity index (χ4n) is 4.95. The first kappa shape index (κ1) is 27.7. The molecule has 2 aliphatic rings. The van der Waals surface area contributed by atoms with Crippen LogP contribution in [0.3, 0.4) is 0 Å². The average molecular weight is 503 g/mol. The number of carboxylic acids is 2. The van der Waals surface area contributed by atoms with Crippen molar-refractivity contribution in [3.8, 4) is 11.1 Å². The Balaban J connectivity index is 0.000000308. The number of benzene rings is 2.